The van der Waals surface area contributed by atoms with Gasteiger partial charge in [-0.3, -0.25) is 0 Å². The van der Waals surface area contributed by atoms with Gasteiger partial charge in [0, 0.05) is 6.07 Å². The maximum atomic E-state index is 11.8. The Hall–Kier alpha value is -2.08. The van der Waals surface area contributed by atoms with Crippen LogP contribution in [0.3, 0.4) is 0 Å². The summed E-state index contributed by atoms with van der Waals surface area (Å²) >= 11 is 0. The monoisotopic (exact) mass is 498 g/mol. The van der Waals surface area contributed by atoms with Crippen molar-refractivity contribution in [1.82, 2.24) is 0 Å². The molecule has 1 aromatic heterocycles. The highest BCUT2D eigenvalue weighted by molar-refractivity contribution is 5.60. The zero-order valence-electron chi connectivity index (χ0n) is 22.5. The fourth-order valence-electron chi connectivity index (χ4n) is 8.40. The topological polar surface area (TPSA) is 75.0 Å². The van der Waals surface area contributed by atoms with Gasteiger partial charge in [0.05, 0.1) is 18.5 Å². The van der Waals surface area contributed by atoms with Gasteiger partial charge in [0.25, 0.3) is 0 Å². The van der Waals surface area contributed by atoms with Crippen molar-refractivity contribution in [3.8, 4) is 0 Å². The van der Waals surface area contributed by atoms with Crippen LogP contribution in [-0.2, 0) is 14.2 Å². The van der Waals surface area contributed by atoms with Crippen LogP contribution in [-0.4, -0.2) is 24.7 Å². The zero-order chi connectivity index (χ0) is 25.7. The van der Waals surface area contributed by atoms with E-state index in [0.717, 1.165) is 31.2 Å². The number of fused-ring (bicyclic) bond motifs is 5. The SMILES string of the molecule is CC(C)OC(=O)OC(C)O[C@H]1CC[C@@]2(C)[C@H](CC[C@H]3C4=CC[C@H](c5ccc(=O)oc5)[C@@]4(C)CC[C@@H]32)C1. The third-order valence-electron chi connectivity index (χ3n) is 10.1. The second-order valence-electron chi connectivity index (χ2n) is 12.4. The Morgan fingerprint density at radius 3 is 2.58 bits per heavy atom. The largest absolute Gasteiger partial charge is 0.510 e. The van der Waals surface area contributed by atoms with Crippen LogP contribution in [0, 0.1) is 28.6 Å². The number of carbonyl (C=O) groups is 1. The van der Waals surface area contributed by atoms with Gasteiger partial charge in [-0.05, 0) is 118 Å². The van der Waals surface area contributed by atoms with E-state index < -0.39 is 12.4 Å². The molecule has 0 aromatic carbocycles. The molecule has 6 heteroatoms. The Morgan fingerprint density at radius 1 is 1.06 bits per heavy atom. The van der Waals surface area contributed by atoms with Crippen LogP contribution in [0.1, 0.15) is 97.5 Å². The Morgan fingerprint density at radius 2 is 1.86 bits per heavy atom. The highest BCUT2D eigenvalue weighted by atomic mass is 16.8. The van der Waals surface area contributed by atoms with E-state index >= 15 is 0 Å². The third kappa shape index (κ3) is 4.55. The molecule has 1 unspecified atom stereocenters. The van der Waals surface area contributed by atoms with Crippen LogP contribution in [0.5, 0.6) is 0 Å². The van der Waals surface area contributed by atoms with Crippen LogP contribution in [0.15, 0.2) is 39.3 Å². The smallest absolute Gasteiger partial charge is 0.432 e. The number of rotatable bonds is 5. The maximum Gasteiger partial charge on any atom is 0.510 e. The molecule has 6 nitrogen and oxygen atoms in total. The zero-order valence-corrected chi connectivity index (χ0v) is 22.5. The molecule has 8 atom stereocenters. The van der Waals surface area contributed by atoms with Crippen LogP contribution in [0.4, 0.5) is 4.79 Å². The van der Waals surface area contributed by atoms with Crippen molar-refractivity contribution in [1.29, 1.82) is 0 Å². The van der Waals surface area contributed by atoms with Gasteiger partial charge in [0.2, 0.25) is 6.29 Å². The van der Waals surface area contributed by atoms with E-state index in [1.54, 1.807) is 24.8 Å². The van der Waals surface area contributed by atoms with Gasteiger partial charge in [-0.25, -0.2) is 9.59 Å². The van der Waals surface area contributed by atoms with E-state index in [9.17, 15) is 9.59 Å². The van der Waals surface area contributed by atoms with Crippen LogP contribution >= 0.6 is 0 Å². The normalized spacial score (nSPS) is 38.4. The first kappa shape index (κ1) is 25.6. The second-order valence-corrected chi connectivity index (χ2v) is 12.4. The van der Waals surface area contributed by atoms with Crippen molar-refractivity contribution in [3.63, 3.8) is 0 Å². The maximum absolute atomic E-state index is 11.8. The summed E-state index contributed by atoms with van der Waals surface area (Å²) in [7, 11) is 0. The van der Waals surface area contributed by atoms with E-state index in [1.807, 2.05) is 19.9 Å². The molecule has 1 heterocycles. The van der Waals surface area contributed by atoms with Gasteiger partial charge >= 0.3 is 11.8 Å². The number of allylic oxidation sites excluding steroid dienone is 2. The predicted octanol–water partition coefficient (Wildman–Crippen LogP) is 6.98. The molecule has 1 aromatic rings. The number of hydrogen-bond donors (Lipinski definition) is 0. The summed E-state index contributed by atoms with van der Waals surface area (Å²) in [5.74, 6) is 2.39. The Bertz CT molecular complexity index is 1040. The van der Waals surface area contributed by atoms with Crippen LogP contribution < -0.4 is 5.63 Å². The molecule has 4 aliphatic carbocycles. The van der Waals surface area contributed by atoms with Crippen molar-refractivity contribution >= 4 is 6.16 Å². The van der Waals surface area contributed by atoms with E-state index in [2.05, 4.69) is 19.9 Å². The third-order valence-corrected chi connectivity index (χ3v) is 10.1. The molecule has 0 amide bonds. The summed E-state index contributed by atoms with van der Waals surface area (Å²) in [4.78, 5) is 23.3. The summed E-state index contributed by atoms with van der Waals surface area (Å²) in [5, 5.41) is 0. The summed E-state index contributed by atoms with van der Waals surface area (Å²) < 4.78 is 21.8. The van der Waals surface area contributed by atoms with Gasteiger partial charge < -0.3 is 18.6 Å². The van der Waals surface area contributed by atoms with Crippen molar-refractivity contribution in [2.75, 3.05) is 0 Å². The molecule has 4 aliphatic rings. The Balaban J connectivity index is 1.24. The van der Waals surface area contributed by atoms with Gasteiger partial charge in [-0.2, -0.15) is 0 Å². The lowest BCUT2D eigenvalue weighted by Crippen LogP contribution is -2.52. The van der Waals surface area contributed by atoms with E-state index in [4.69, 9.17) is 18.6 Å². The first-order valence-corrected chi connectivity index (χ1v) is 13.9. The summed E-state index contributed by atoms with van der Waals surface area (Å²) in [6, 6.07) is 3.53. The molecule has 0 saturated heterocycles. The van der Waals surface area contributed by atoms with Gasteiger partial charge in [0.15, 0.2) is 0 Å². The van der Waals surface area contributed by atoms with Crippen LogP contribution in [0.2, 0.25) is 0 Å². The average molecular weight is 499 g/mol. The first-order valence-electron chi connectivity index (χ1n) is 13.9. The van der Waals surface area contributed by atoms with Gasteiger partial charge in [-0.1, -0.05) is 25.5 Å². The van der Waals surface area contributed by atoms with E-state index in [1.165, 1.54) is 25.7 Å². The predicted molar refractivity (Wildman–Crippen MR) is 136 cm³/mol. The van der Waals surface area contributed by atoms with Crippen molar-refractivity contribution < 1.29 is 23.4 Å². The Labute approximate surface area is 214 Å². The van der Waals surface area contributed by atoms with Crippen molar-refractivity contribution in [2.24, 2.45) is 28.6 Å². The number of ether oxygens (including phenoxy) is 3. The standard InChI is InChI=1S/C30H42O6/c1-18(2)34-28(32)36-19(3)35-22-12-14-29(4)21(16-22)7-8-23-25-10-9-24(20-6-11-27(31)33-17-20)30(25,5)15-13-26(23)29/h6,10-11,17-19,21-24,26H,7-9,12-16H2,1-5H3/t19?,21-,22+,23+,24-,26+,29+,30-/m1/s1. The first-order chi connectivity index (χ1) is 17.1. The minimum Gasteiger partial charge on any atom is -0.432 e. The quantitative estimate of drug-likeness (QED) is 0.248. The highest BCUT2D eigenvalue weighted by Crippen LogP contribution is 2.67. The minimum atomic E-state index is -0.662. The molecule has 3 fully saturated rings. The lowest BCUT2D eigenvalue weighted by molar-refractivity contribution is -0.174. The molecule has 0 N–H and O–H groups in total. The van der Waals surface area contributed by atoms with Crippen LogP contribution in [0.25, 0.3) is 0 Å². The molecule has 5 rings (SSSR count). The highest BCUT2D eigenvalue weighted by Gasteiger charge is 2.57. The average Bonchev–Trinajstić information content (AvgIpc) is 3.16. The molecule has 36 heavy (non-hydrogen) atoms. The summed E-state index contributed by atoms with van der Waals surface area (Å²) in [5.41, 5.74) is 3.03. The molecular formula is C30H42O6. The molecule has 198 valence electrons. The lowest BCUT2D eigenvalue weighted by atomic mass is 9.46. The summed E-state index contributed by atoms with van der Waals surface area (Å²) in [6.07, 6.45) is 12.0. The van der Waals surface area contributed by atoms with Gasteiger partial charge in [0.1, 0.15) is 0 Å². The molecule has 0 spiro atoms. The van der Waals surface area contributed by atoms with E-state index in [-0.39, 0.29) is 23.2 Å². The molecule has 0 aliphatic heterocycles. The fourth-order valence-corrected chi connectivity index (χ4v) is 8.40. The molecule has 3 saturated carbocycles. The molecular weight excluding hydrogens is 456 g/mol. The number of hydrogen-bond acceptors (Lipinski definition) is 6. The van der Waals surface area contributed by atoms with Crippen molar-refractivity contribution in [2.45, 2.75) is 110 Å². The Kier molecular flexibility index (Phi) is 6.86. The molecule has 0 radical (unpaired) electrons. The summed E-state index contributed by atoms with van der Waals surface area (Å²) in [6.45, 7) is 10.4. The molecule has 0 bridgehead atoms. The fraction of sp³-hybridized carbons (Fsp3) is 0.733. The lowest BCUT2D eigenvalue weighted by Gasteiger charge is -2.59. The van der Waals surface area contributed by atoms with Crippen molar-refractivity contribution in [3.05, 3.63) is 46.0 Å². The van der Waals surface area contributed by atoms with Gasteiger partial charge in [-0.15, -0.1) is 0 Å². The van der Waals surface area contributed by atoms with E-state index in [0.29, 0.717) is 29.1 Å². The minimum absolute atomic E-state index is 0.123. The second kappa shape index (κ2) is 9.66. The number of carbonyl (C=O) groups excluding carboxylic acids is 1.